The van der Waals surface area contributed by atoms with Gasteiger partial charge in [-0.25, -0.2) is 4.79 Å². The van der Waals surface area contributed by atoms with Crippen molar-refractivity contribution in [2.24, 2.45) is 0 Å². The third kappa shape index (κ3) is 11.7. The van der Waals surface area contributed by atoms with Gasteiger partial charge in [-0.3, -0.25) is 0 Å². The summed E-state index contributed by atoms with van der Waals surface area (Å²) in [6, 6.07) is 22.4. The first-order valence-corrected chi connectivity index (χ1v) is 14.7. The minimum Gasteiger partial charge on any atom is -0.494 e. The summed E-state index contributed by atoms with van der Waals surface area (Å²) in [5.41, 5.74) is 4.29. The number of hydrogen-bond donors (Lipinski definition) is 1. The molecule has 4 rings (SSSR count). The van der Waals surface area contributed by atoms with Crippen molar-refractivity contribution in [3.05, 3.63) is 89.0 Å². The molecule has 212 valence electrons. The standard InChI is InChI=1S/C29H30O4S.C4H9NO/c1-4-31-26-18-24(13-9-12-23-10-7-6-8-11-23)17-25(19-26)21-34-27-14-15-28(22(3)16-27)33-20-29(30)32-5-2;1-3-6-4-2-5-1/h6-8,10-11,14-19H,4-5,12,20-21H2,1-3H3;5H,1-4H2. The fourth-order valence-corrected chi connectivity index (χ4v) is 4.73. The zero-order chi connectivity index (χ0) is 28.4. The largest absolute Gasteiger partial charge is 0.494 e. The summed E-state index contributed by atoms with van der Waals surface area (Å²) in [5.74, 6) is 8.50. The first-order chi connectivity index (χ1) is 19.6. The lowest BCUT2D eigenvalue weighted by Gasteiger charge is -2.11. The van der Waals surface area contributed by atoms with E-state index in [1.807, 2.05) is 50.2 Å². The van der Waals surface area contributed by atoms with E-state index < -0.39 is 0 Å². The number of ether oxygens (including phenoxy) is 4. The summed E-state index contributed by atoms with van der Waals surface area (Å²) >= 11 is 1.73. The van der Waals surface area contributed by atoms with Crippen LogP contribution in [0.4, 0.5) is 0 Å². The molecule has 0 spiro atoms. The summed E-state index contributed by atoms with van der Waals surface area (Å²) in [5, 5.41) is 3.16. The van der Waals surface area contributed by atoms with Gasteiger partial charge in [0.05, 0.1) is 26.4 Å². The fraction of sp³-hybridized carbons (Fsp3) is 0.364. The van der Waals surface area contributed by atoms with Gasteiger partial charge in [-0.15, -0.1) is 11.8 Å². The Hall–Kier alpha value is -3.44. The maximum atomic E-state index is 11.5. The SMILES string of the molecule is C1COCCN1.CCOC(=O)COc1ccc(SCc2cc(C#CCc3ccccc3)cc(OCC)c2)cc1C. The van der Waals surface area contributed by atoms with Crippen molar-refractivity contribution in [3.8, 4) is 23.3 Å². The highest BCUT2D eigenvalue weighted by Crippen LogP contribution is 2.29. The Morgan fingerprint density at radius 2 is 1.75 bits per heavy atom. The molecule has 0 atom stereocenters. The van der Waals surface area contributed by atoms with Crippen molar-refractivity contribution < 1.29 is 23.7 Å². The molecular formula is C33H39NO5S. The average molecular weight is 562 g/mol. The predicted octanol–water partition coefficient (Wildman–Crippen LogP) is 5.83. The van der Waals surface area contributed by atoms with Gasteiger partial charge in [-0.1, -0.05) is 42.2 Å². The molecule has 1 fully saturated rings. The first kappa shape index (κ1) is 31.1. The summed E-state index contributed by atoms with van der Waals surface area (Å²) in [7, 11) is 0. The van der Waals surface area contributed by atoms with E-state index in [1.54, 1.807) is 18.7 Å². The van der Waals surface area contributed by atoms with Gasteiger partial charge in [0.1, 0.15) is 11.5 Å². The van der Waals surface area contributed by atoms with E-state index in [-0.39, 0.29) is 12.6 Å². The monoisotopic (exact) mass is 561 g/mol. The number of benzene rings is 3. The van der Waals surface area contributed by atoms with Gasteiger partial charge >= 0.3 is 5.97 Å². The van der Waals surface area contributed by atoms with Crippen LogP contribution < -0.4 is 14.8 Å². The van der Waals surface area contributed by atoms with E-state index >= 15 is 0 Å². The molecule has 0 unspecified atom stereocenters. The molecule has 0 saturated carbocycles. The Morgan fingerprint density at radius 1 is 0.950 bits per heavy atom. The Bertz CT molecular complexity index is 1240. The normalized spacial score (nSPS) is 12.3. The quantitative estimate of drug-likeness (QED) is 0.190. The molecule has 1 N–H and O–H groups in total. The van der Waals surface area contributed by atoms with Crippen LogP contribution in [0.2, 0.25) is 0 Å². The van der Waals surface area contributed by atoms with Crippen molar-refractivity contribution in [1.82, 2.24) is 5.32 Å². The molecule has 0 aliphatic carbocycles. The van der Waals surface area contributed by atoms with E-state index in [2.05, 4.69) is 47.5 Å². The van der Waals surface area contributed by atoms with E-state index in [0.29, 0.717) is 25.4 Å². The van der Waals surface area contributed by atoms with Crippen molar-refractivity contribution in [2.75, 3.05) is 46.1 Å². The lowest BCUT2D eigenvalue weighted by molar-refractivity contribution is -0.145. The lowest BCUT2D eigenvalue weighted by Crippen LogP contribution is -2.30. The Kier molecular flexibility index (Phi) is 14.0. The third-order valence-electron chi connectivity index (χ3n) is 5.69. The Balaban J connectivity index is 0.000000649. The Labute approximate surface area is 242 Å². The van der Waals surface area contributed by atoms with Crippen LogP contribution in [-0.2, 0) is 26.4 Å². The van der Waals surface area contributed by atoms with Crippen molar-refractivity contribution in [1.29, 1.82) is 0 Å². The number of carbonyl (C=O) groups is 1. The van der Waals surface area contributed by atoms with Gasteiger partial charge in [0.15, 0.2) is 6.61 Å². The number of esters is 1. The van der Waals surface area contributed by atoms with E-state index in [1.165, 1.54) is 5.56 Å². The van der Waals surface area contributed by atoms with Gasteiger partial charge in [0.25, 0.3) is 0 Å². The van der Waals surface area contributed by atoms with Crippen LogP contribution in [0.15, 0.2) is 71.6 Å². The molecule has 3 aromatic rings. The molecule has 6 nitrogen and oxygen atoms in total. The summed E-state index contributed by atoms with van der Waals surface area (Å²) in [6.45, 7) is 10.4. The van der Waals surface area contributed by atoms with Gasteiger partial charge in [0, 0.05) is 35.7 Å². The van der Waals surface area contributed by atoms with Crippen LogP contribution in [-0.4, -0.2) is 52.1 Å². The average Bonchev–Trinajstić information content (AvgIpc) is 2.98. The predicted molar refractivity (Wildman–Crippen MR) is 161 cm³/mol. The van der Waals surface area contributed by atoms with E-state index in [4.69, 9.17) is 18.9 Å². The van der Waals surface area contributed by atoms with Crippen molar-refractivity contribution in [2.45, 2.75) is 37.8 Å². The molecule has 0 aromatic heterocycles. The second kappa shape index (κ2) is 18.0. The molecule has 1 saturated heterocycles. The minimum atomic E-state index is -0.364. The van der Waals surface area contributed by atoms with Gasteiger partial charge in [-0.2, -0.15) is 0 Å². The van der Waals surface area contributed by atoms with E-state index in [0.717, 1.165) is 59.4 Å². The molecule has 0 amide bonds. The summed E-state index contributed by atoms with van der Waals surface area (Å²) in [4.78, 5) is 12.6. The van der Waals surface area contributed by atoms with Gasteiger partial charge in [-0.05, 0) is 73.9 Å². The number of morpholine rings is 1. The minimum absolute atomic E-state index is 0.0839. The molecule has 0 radical (unpaired) electrons. The first-order valence-electron chi connectivity index (χ1n) is 13.7. The number of hydrogen-bond acceptors (Lipinski definition) is 7. The second-order valence-corrected chi connectivity index (χ2v) is 9.98. The fourth-order valence-electron chi connectivity index (χ4n) is 3.81. The van der Waals surface area contributed by atoms with E-state index in [9.17, 15) is 4.79 Å². The summed E-state index contributed by atoms with van der Waals surface area (Å²) in [6.07, 6.45) is 0.716. The van der Waals surface area contributed by atoms with Crippen LogP contribution >= 0.6 is 11.8 Å². The van der Waals surface area contributed by atoms with Crippen molar-refractivity contribution >= 4 is 17.7 Å². The number of rotatable bonds is 10. The smallest absolute Gasteiger partial charge is 0.344 e. The number of nitrogens with one attached hydrogen (secondary N) is 1. The van der Waals surface area contributed by atoms with Crippen LogP contribution in [0.3, 0.4) is 0 Å². The topological polar surface area (TPSA) is 66.0 Å². The second-order valence-electron chi connectivity index (χ2n) is 8.93. The molecule has 1 aliphatic rings. The number of carbonyl (C=O) groups excluding carboxylic acids is 1. The highest BCUT2D eigenvalue weighted by atomic mass is 32.2. The molecule has 3 aromatic carbocycles. The molecule has 7 heteroatoms. The highest BCUT2D eigenvalue weighted by Gasteiger charge is 2.08. The zero-order valence-electron chi connectivity index (χ0n) is 23.7. The van der Waals surface area contributed by atoms with Crippen LogP contribution in [0.25, 0.3) is 0 Å². The van der Waals surface area contributed by atoms with Gasteiger partial charge < -0.3 is 24.3 Å². The lowest BCUT2D eigenvalue weighted by atomic mass is 10.1. The third-order valence-corrected chi connectivity index (χ3v) is 6.76. The molecule has 0 bridgehead atoms. The summed E-state index contributed by atoms with van der Waals surface area (Å²) < 4.78 is 21.3. The maximum absolute atomic E-state index is 11.5. The maximum Gasteiger partial charge on any atom is 0.344 e. The van der Waals surface area contributed by atoms with Crippen LogP contribution in [0, 0.1) is 18.8 Å². The van der Waals surface area contributed by atoms with Crippen LogP contribution in [0.5, 0.6) is 11.5 Å². The molecule has 40 heavy (non-hydrogen) atoms. The molecule has 1 aliphatic heterocycles. The zero-order valence-corrected chi connectivity index (χ0v) is 24.5. The number of thioether (sulfide) groups is 1. The highest BCUT2D eigenvalue weighted by molar-refractivity contribution is 7.98. The van der Waals surface area contributed by atoms with Crippen molar-refractivity contribution in [3.63, 3.8) is 0 Å². The molecular weight excluding hydrogens is 522 g/mol. The van der Waals surface area contributed by atoms with Crippen LogP contribution in [0.1, 0.15) is 36.1 Å². The molecule has 1 heterocycles. The Morgan fingerprint density at radius 3 is 2.40 bits per heavy atom. The number of aryl methyl sites for hydroxylation is 1. The van der Waals surface area contributed by atoms with Gasteiger partial charge in [0.2, 0.25) is 0 Å².